The van der Waals surface area contributed by atoms with Gasteiger partial charge in [0.25, 0.3) is 0 Å². The van der Waals surface area contributed by atoms with E-state index >= 15 is 0 Å². The van der Waals surface area contributed by atoms with Gasteiger partial charge in [-0.1, -0.05) is 31.2 Å². The van der Waals surface area contributed by atoms with Crippen LogP contribution < -0.4 is 10.6 Å². The van der Waals surface area contributed by atoms with Gasteiger partial charge in [-0.2, -0.15) is 0 Å². The van der Waals surface area contributed by atoms with Crippen molar-refractivity contribution >= 4 is 29.9 Å². The number of morpholine rings is 1. The van der Waals surface area contributed by atoms with Crippen LogP contribution in [0.1, 0.15) is 51.7 Å². The molecular weight excluding hydrogens is 501 g/mol. The van der Waals surface area contributed by atoms with Gasteiger partial charge in [0.15, 0.2) is 5.96 Å². The molecule has 0 bridgehead atoms. The summed E-state index contributed by atoms with van der Waals surface area (Å²) >= 11 is 0. The van der Waals surface area contributed by atoms with E-state index in [1.54, 1.807) is 0 Å². The van der Waals surface area contributed by atoms with Crippen molar-refractivity contribution in [1.29, 1.82) is 0 Å². The van der Waals surface area contributed by atoms with Gasteiger partial charge in [-0.15, -0.1) is 24.0 Å². The summed E-state index contributed by atoms with van der Waals surface area (Å²) in [6.45, 7) is 16.5. The van der Waals surface area contributed by atoms with Crippen molar-refractivity contribution in [2.24, 2.45) is 4.99 Å². The highest BCUT2D eigenvalue weighted by atomic mass is 127. The monoisotopic (exact) mass is 543 g/mol. The average Bonchev–Trinajstić information content (AvgIpc) is 3.18. The lowest BCUT2D eigenvalue weighted by molar-refractivity contribution is -0.0705. The molecule has 2 N–H and O–H groups in total. The second-order valence-corrected chi connectivity index (χ2v) is 8.72. The number of nitrogens with one attached hydrogen (secondary N) is 2. The number of hydrogen-bond acceptors (Lipinski definition) is 4. The first-order chi connectivity index (χ1) is 14.6. The third-order valence-electron chi connectivity index (χ3n) is 6.17. The van der Waals surface area contributed by atoms with E-state index in [1.807, 2.05) is 0 Å². The van der Waals surface area contributed by atoms with Gasteiger partial charge in [0, 0.05) is 38.8 Å². The lowest BCUT2D eigenvalue weighted by Crippen LogP contribution is -2.45. The van der Waals surface area contributed by atoms with Gasteiger partial charge in [-0.25, -0.2) is 4.99 Å². The van der Waals surface area contributed by atoms with E-state index < -0.39 is 0 Å². The minimum absolute atomic E-state index is 0. The maximum Gasteiger partial charge on any atom is 0.191 e. The Hall–Kier alpha value is -0.900. The Balaban J connectivity index is 0.00000341. The van der Waals surface area contributed by atoms with E-state index in [0.29, 0.717) is 24.8 Å². The molecule has 2 aliphatic rings. The Kier molecular flexibility index (Phi) is 11.6. The molecule has 3 unspecified atom stereocenters. The molecule has 31 heavy (non-hydrogen) atoms. The van der Waals surface area contributed by atoms with Crippen molar-refractivity contribution in [1.82, 2.24) is 20.4 Å². The van der Waals surface area contributed by atoms with Crippen LogP contribution >= 0.6 is 24.0 Å². The minimum atomic E-state index is 0. The molecule has 3 atom stereocenters. The SMILES string of the molecule is CCNC(=NCc1ccccc1CN1CC(C)OC(C)C1)NCC1CCCN1CC.I. The van der Waals surface area contributed by atoms with Gasteiger partial charge in [0.05, 0.1) is 18.8 Å². The number of guanidine groups is 1. The fourth-order valence-electron chi connectivity index (χ4n) is 4.78. The summed E-state index contributed by atoms with van der Waals surface area (Å²) in [6, 6.07) is 9.34. The molecule has 1 aromatic carbocycles. The Morgan fingerprint density at radius 3 is 2.48 bits per heavy atom. The Morgan fingerprint density at radius 1 is 1.10 bits per heavy atom. The first-order valence-corrected chi connectivity index (χ1v) is 11.8. The normalized spacial score (nSPS) is 25.3. The zero-order chi connectivity index (χ0) is 21.3. The molecule has 6 nitrogen and oxygen atoms in total. The molecular formula is C24H42IN5O. The van der Waals surface area contributed by atoms with E-state index in [2.05, 4.69) is 72.4 Å². The summed E-state index contributed by atoms with van der Waals surface area (Å²) < 4.78 is 5.89. The van der Waals surface area contributed by atoms with Gasteiger partial charge < -0.3 is 15.4 Å². The molecule has 2 saturated heterocycles. The van der Waals surface area contributed by atoms with E-state index in [1.165, 1.54) is 30.5 Å². The Morgan fingerprint density at radius 2 is 1.81 bits per heavy atom. The molecule has 0 aliphatic carbocycles. The average molecular weight is 544 g/mol. The highest BCUT2D eigenvalue weighted by molar-refractivity contribution is 14.0. The zero-order valence-electron chi connectivity index (χ0n) is 19.8. The van der Waals surface area contributed by atoms with Crippen LogP contribution in [-0.4, -0.2) is 73.3 Å². The fraction of sp³-hybridized carbons (Fsp3) is 0.708. The van der Waals surface area contributed by atoms with Gasteiger partial charge in [0.1, 0.15) is 0 Å². The summed E-state index contributed by atoms with van der Waals surface area (Å²) in [4.78, 5) is 9.98. The van der Waals surface area contributed by atoms with Crippen LogP contribution in [0.2, 0.25) is 0 Å². The molecule has 176 valence electrons. The molecule has 0 radical (unpaired) electrons. The molecule has 2 heterocycles. The largest absolute Gasteiger partial charge is 0.373 e. The van der Waals surface area contributed by atoms with Crippen LogP contribution in [0, 0.1) is 0 Å². The third-order valence-corrected chi connectivity index (χ3v) is 6.17. The van der Waals surface area contributed by atoms with Gasteiger partial charge in [-0.3, -0.25) is 9.80 Å². The van der Waals surface area contributed by atoms with Crippen molar-refractivity contribution in [3.05, 3.63) is 35.4 Å². The summed E-state index contributed by atoms with van der Waals surface area (Å²) in [5, 5.41) is 7.00. The van der Waals surface area contributed by atoms with Gasteiger partial charge in [0.2, 0.25) is 0 Å². The maximum absolute atomic E-state index is 5.89. The highest BCUT2D eigenvalue weighted by Crippen LogP contribution is 2.18. The van der Waals surface area contributed by atoms with E-state index in [0.717, 1.165) is 45.2 Å². The molecule has 0 amide bonds. The lowest BCUT2D eigenvalue weighted by atomic mass is 10.1. The molecule has 0 saturated carbocycles. The number of hydrogen-bond donors (Lipinski definition) is 2. The van der Waals surface area contributed by atoms with E-state index in [4.69, 9.17) is 9.73 Å². The van der Waals surface area contributed by atoms with Crippen LogP contribution in [0.5, 0.6) is 0 Å². The first-order valence-electron chi connectivity index (χ1n) is 11.8. The Labute approximate surface area is 206 Å². The quantitative estimate of drug-likeness (QED) is 0.299. The van der Waals surface area contributed by atoms with Crippen molar-refractivity contribution in [3.63, 3.8) is 0 Å². The van der Waals surface area contributed by atoms with Crippen LogP contribution in [0.15, 0.2) is 29.3 Å². The number of ether oxygens (including phenoxy) is 1. The summed E-state index contributed by atoms with van der Waals surface area (Å²) in [6.07, 6.45) is 3.17. The lowest BCUT2D eigenvalue weighted by Gasteiger charge is -2.35. The number of benzene rings is 1. The first kappa shape index (κ1) is 26.4. The summed E-state index contributed by atoms with van der Waals surface area (Å²) in [5.41, 5.74) is 2.67. The van der Waals surface area contributed by atoms with Gasteiger partial charge in [-0.05, 0) is 57.8 Å². The number of nitrogens with zero attached hydrogens (tertiary/aromatic N) is 3. The maximum atomic E-state index is 5.89. The smallest absolute Gasteiger partial charge is 0.191 e. The second-order valence-electron chi connectivity index (χ2n) is 8.72. The minimum Gasteiger partial charge on any atom is -0.373 e. The van der Waals surface area contributed by atoms with Crippen molar-refractivity contribution in [2.45, 2.75) is 71.9 Å². The predicted molar refractivity (Wildman–Crippen MR) is 140 cm³/mol. The Bertz CT molecular complexity index is 676. The van der Waals surface area contributed by atoms with Crippen LogP contribution in [0.4, 0.5) is 0 Å². The van der Waals surface area contributed by atoms with E-state index in [9.17, 15) is 0 Å². The number of rotatable bonds is 8. The molecule has 3 rings (SSSR count). The number of likely N-dealkylation sites (tertiary alicyclic amines) is 1. The highest BCUT2D eigenvalue weighted by Gasteiger charge is 2.23. The number of likely N-dealkylation sites (N-methyl/N-ethyl adjacent to an activating group) is 1. The second kappa shape index (κ2) is 13.6. The molecule has 1 aromatic rings. The van der Waals surface area contributed by atoms with Crippen molar-refractivity contribution in [2.75, 3.05) is 39.3 Å². The zero-order valence-corrected chi connectivity index (χ0v) is 22.1. The fourth-order valence-corrected chi connectivity index (χ4v) is 4.78. The van der Waals surface area contributed by atoms with Crippen LogP contribution in [0.25, 0.3) is 0 Å². The standard InChI is InChI=1S/C24H41N5O.HI/c1-5-25-24(27-15-23-12-9-13-29(23)6-2)26-14-21-10-7-8-11-22(21)18-28-16-19(3)30-20(4)17-28;/h7-8,10-11,19-20,23H,5-6,9,12-18H2,1-4H3,(H2,25,26,27);1H. The summed E-state index contributed by atoms with van der Waals surface area (Å²) in [5.74, 6) is 0.920. The van der Waals surface area contributed by atoms with E-state index in [-0.39, 0.29) is 24.0 Å². The van der Waals surface area contributed by atoms with Crippen LogP contribution in [0.3, 0.4) is 0 Å². The number of aliphatic imine (C=N–C) groups is 1. The molecule has 7 heteroatoms. The van der Waals surface area contributed by atoms with Crippen molar-refractivity contribution in [3.8, 4) is 0 Å². The predicted octanol–water partition coefficient (Wildman–Crippen LogP) is 3.45. The molecule has 2 fully saturated rings. The molecule has 0 spiro atoms. The molecule has 2 aliphatic heterocycles. The topological polar surface area (TPSA) is 52.1 Å². The molecule has 0 aromatic heterocycles. The van der Waals surface area contributed by atoms with Gasteiger partial charge >= 0.3 is 0 Å². The summed E-state index contributed by atoms with van der Waals surface area (Å²) in [7, 11) is 0. The third kappa shape index (κ3) is 8.18. The van der Waals surface area contributed by atoms with Crippen molar-refractivity contribution < 1.29 is 4.74 Å². The number of halogens is 1. The van der Waals surface area contributed by atoms with Crippen LogP contribution in [-0.2, 0) is 17.8 Å².